The summed E-state index contributed by atoms with van der Waals surface area (Å²) in [5, 5.41) is 1.97. The first-order valence-corrected chi connectivity index (χ1v) is 6.70. The van der Waals surface area contributed by atoms with E-state index in [-0.39, 0.29) is 0 Å². The molecule has 0 N–H and O–H groups in total. The highest BCUT2D eigenvalue weighted by Gasteiger charge is 2.06. The molecule has 1 aromatic carbocycles. The number of methoxy groups -OCH3 is 1. The Morgan fingerprint density at radius 3 is 2.87 bits per heavy atom. The number of ether oxygens (including phenoxy) is 1. The topological polar surface area (TPSA) is 22.1 Å². The summed E-state index contributed by atoms with van der Waals surface area (Å²) in [7, 11) is 1.68. The lowest BCUT2D eigenvalue weighted by Crippen LogP contribution is -1.84. The zero-order valence-corrected chi connectivity index (χ0v) is 11.2. The molecule has 15 heavy (non-hydrogen) atoms. The van der Waals surface area contributed by atoms with E-state index < -0.39 is 0 Å². The third-order valence-corrected chi connectivity index (χ3v) is 4.43. The molecule has 0 atom stereocenters. The Morgan fingerprint density at radius 1 is 1.40 bits per heavy atom. The summed E-state index contributed by atoms with van der Waals surface area (Å²) in [6.45, 7) is 0. The lowest BCUT2D eigenvalue weighted by Gasteiger charge is -2.04. The molecule has 2 aromatic rings. The molecule has 0 bridgehead atoms. The molecule has 0 unspecified atom stereocenters. The van der Waals surface area contributed by atoms with Crippen molar-refractivity contribution < 1.29 is 4.74 Å². The van der Waals surface area contributed by atoms with Crippen molar-refractivity contribution in [3.05, 3.63) is 34.2 Å². The van der Waals surface area contributed by atoms with Gasteiger partial charge in [-0.3, -0.25) is 0 Å². The number of nitrogens with zero attached hydrogens (tertiary/aromatic N) is 1. The molecule has 78 valence electrons. The zero-order valence-electron chi connectivity index (χ0n) is 7.94. The van der Waals surface area contributed by atoms with Crippen molar-refractivity contribution in [1.29, 1.82) is 0 Å². The van der Waals surface area contributed by atoms with Crippen LogP contribution in [0, 0.1) is 0 Å². The first kappa shape index (κ1) is 11.0. The van der Waals surface area contributed by atoms with Crippen LogP contribution < -0.4 is 4.74 Å². The number of aromatic nitrogens is 1. The molecule has 2 rings (SSSR count). The second kappa shape index (κ2) is 5.01. The normalized spacial score (nSPS) is 10.3. The third-order valence-electron chi connectivity index (χ3n) is 1.72. The maximum absolute atomic E-state index is 5.27. The lowest BCUT2D eigenvalue weighted by atomic mass is 10.3. The maximum atomic E-state index is 5.27. The summed E-state index contributed by atoms with van der Waals surface area (Å²) in [5.41, 5.74) is 0. The summed E-state index contributed by atoms with van der Waals surface area (Å²) in [5.74, 6) is 0.883. The average molecular weight is 302 g/mol. The highest BCUT2D eigenvalue weighted by molar-refractivity contribution is 9.10. The predicted octanol–water partition coefficient (Wildman–Crippen LogP) is 4.07. The fourth-order valence-corrected chi connectivity index (χ4v) is 3.51. The Bertz CT molecular complexity index is 458. The number of thiazole rings is 1. The minimum Gasteiger partial charge on any atom is -0.496 e. The number of halogens is 1. The fourth-order valence-electron chi connectivity index (χ4n) is 1.08. The number of hydrogen-bond donors (Lipinski definition) is 0. The monoisotopic (exact) mass is 301 g/mol. The van der Waals surface area contributed by atoms with Crippen LogP contribution in [0.1, 0.15) is 0 Å². The van der Waals surface area contributed by atoms with Crippen molar-refractivity contribution in [2.75, 3.05) is 7.11 Å². The maximum Gasteiger partial charge on any atom is 0.156 e. The van der Waals surface area contributed by atoms with Crippen LogP contribution in [-0.2, 0) is 0 Å². The first-order valence-electron chi connectivity index (χ1n) is 4.21. The van der Waals surface area contributed by atoms with E-state index in [9.17, 15) is 0 Å². The second-order valence-electron chi connectivity index (χ2n) is 2.69. The SMILES string of the molecule is COc1ccccc1Sc1nc(Br)cs1. The molecule has 0 aliphatic rings. The molecule has 0 saturated carbocycles. The zero-order chi connectivity index (χ0) is 10.7. The number of rotatable bonds is 3. The second-order valence-corrected chi connectivity index (χ2v) is 5.65. The van der Waals surface area contributed by atoms with Crippen LogP contribution in [0.15, 0.2) is 43.5 Å². The van der Waals surface area contributed by atoms with Gasteiger partial charge in [-0.2, -0.15) is 0 Å². The van der Waals surface area contributed by atoms with E-state index in [0.717, 1.165) is 19.6 Å². The van der Waals surface area contributed by atoms with Gasteiger partial charge in [0.05, 0.1) is 12.0 Å². The molecule has 0 aliphatic heterocycles. The predicted molar refractivity (Wildman–Crippen MR) is 66.9 cm³/mol. The third kappa shape index (κ3) is 2.74. The molecule has 0 aliphatic carbocycles. The summed E-state index contributed by atoms with van der Waals surface area (Å²) in [4.78, 5) is 5.41. The van der Waals surface area contributed by atoms with Gasteiger partial charge < -0.3 is 4.74 Å². The van der Waals surface area contributed by atoms with Crippen molar-refractivity contribution in [3.8, 4) is 5.75 Å². The molecule has 2 nitrogen and oxygen atoms in total. The largest absolute Gasteiger partial charge is 0.496 e. The minimum atomic E-state index is 0.880. The molecule has 0 fully saturated rings. The van der Waals surface area contributed by atoms with Crippen LogP contribution >= 0.6 is 39.0 Å². The Morgan fingerprint density at radius 2 is 2.20 bits per heavy atom. The molecule has 0 saturated heterocycles. The Kier molecular flexibility index (Phi) is 3.66. The Hall–Kier alpha value is -0.520. The molecular weight excluding hydrogens is 294 g/mol. The van der Waals surface area contributed by atoms with Crippen molar-refractivity contribution in [3.63, 3.8) is 0 Å². The van der Waals surface area contributed by atoms with Gasteiger partial charge in [0.15, 0.2) is 4.34 Å². The van der Waals surface area contributed by atoms with Gasteiger partial charge in [-0.25, -0.2) is 4.98 Å². The van der Waals surface area contributed by atoms with Gasteiger partial charge in [-0.05, 0) is 28.1 Å². The Labute approximate surface area is 105 Å². The summed E-state index contributed by atoms with van der Waals surface area (Å²) >= 11 is 6.56. The Balaban J connectivity index is 2.23. The number of para-hydroxylation sites is 1. The van der Waals surface area contributed by atoms with Crippen LogP contribution in [-0.4, -0.2) is 12.1 Å². The van der Waals surface area contributed by atoms with Crippen molar-refractivity contribution in [2.24, 2.45) is 0 Å². The van der Waals surface area contributed by atoms with Crippen LogP contribution in [0.5, 0.6) is 5.75 Å². The molecule has 0 spiro atoms. The summed E-state index contributed by atoms with van der Waals surface area (Å²) in [6.07, 6.45) is 0. The summed E-state index contributed by atoms with van der Waals surface area (Å²) in [6, 6.07) is 7.93. The van der Waals surface area contributed by atoms with Crippen LogP contribution in [0.25, 0.3) is 0 Å². The standard InChI is InChI=1S/C10H8BrNOS2/c1-13-7-4-2-3-5-8(7)15-10-12-9(11)6-14-10/h2-6H,1H3. The van der Waals surface area contributed by atoms with Crippen LogP contribution in [0.2, 0.25) is 0 Å². The molecule has 1 heterocycles. The van der Waals surface area contributed by atoms with Crippen LogP contribution in [0.3, 0.4) is 0 Å². The molecule has 5 heteroatoms. The van der Waals surface area contributed by atoms with E-state index in [2.05, 4.69) is 20.9 Å². The van der Waals surface area contributed by atoms with E-state index in [1.807, 2.05) is 29.6 Å². The van der Waals surface area contributed by atoms with Crippen molar-refractivity contribution in [1.82, 2.24) is 4.98 Å². The van der Waals surface area contributed by atoms with E-state index >= 15 is 0 Å². The van der Waals surface area contributed by atoms with E-state index in [1.54, 1.807) is 30.2 Å². The highest BCUT2D eigenvalue weighted by atomic mass is 79.9. The minimum absolute atomic E-state index is 0.880. The number of benzene rings is 1. The summed E-state index contributed by atoms with van der Waals surface area (Å²) < 4.78 is 7.15. The fraction of sp³-hybridized carbons (Fsp3) is 0.100. The van der Waals surface area contributed by atoms with E-state index in [0.29, 0.717) is 0 Å². The van der Waals surface area contributed by atoms with Gasteiger partial charge in [-0.15, -0.1) is 11.3 Å². The van der Waals surface area contributed by atoms with E-state index in [1.165, 1.54) is 0 Å². The van der Waals surface area contributed by atoms with Gasteiger partial charge >= 0.3 is 0 Å². The molecule has 1 aromatic heterocycles. The molecular formula is C10H8BrNOS2. The number of hydrogen-bond acceptors (Lipinski definition) is 4. The van der Waals surface area contributed by atoms with Crippen molar-refractivity contribution in [2.45, 2.75) is 9.24 Å². The van der Waals surface area contributed by atoms with Crippen LogP contribution in [0.4, 0.5) is 0 Å². The van der Waals surface area contributed by atoms with Gasteiger partial charge in [0.2, 0.25) is 0 Å². The highest BCUT2D eigenvalue weighted by Crippen LogP contribution is 2.36. The van der Waals surface area contributed by atoms with Gasteiger partial charge in [0, 0.05) is 5.38 Å². The van der Waals surface area contributed by atoms with Gasteiger partial charge in [0.1, 0.15) is 10.4 Å². The average Bonchev–Trinajstić information content (AvgIpc) is 2.65. The van der Waals surface area contributed by atoms with Crippen molar-refractivity contribution >= 4 is 39.0 Å². The molecule has 0 radical (unpaired) electrons. The lowest BCUT2D eigenvalue weighted by molar-refractivity contribution is 0.405. The molecule has 0 amide bonds. The van der Waals surface area contributed by atoms with Gasteiger partial charge in [-0.1, -0.05) is 23.9 Å². The quantitative estimate of drug-likeness (QED) is 0.853. The van der Waals surface area contributed by atoms with Gasteiger partial charge in [0.25, 0.3) is 0 Å². The first-order chi connectivity index (χ1) is 7.29. The smallest absolute Gasteiger partial charge is 0.156 e. The van der Waals surface area contributed by atoms with E-state index in [4.69, 9.17) is 4.74 Å².